The second-order valence-electron chi connectivity index (χ2n) is 7.54. The average molecular weight is 391 g/mol. The fourth-order valence-electron chi connectivity index (χ4n) is 4.12. The molecule has 0 aliphatic carbocycles. The molecule has 1 unspecified atom stereocenters. The fraction of sp³-hybridized carbons (Fsp3) is 0.579. The van der Waals surface area contributed by atoms with E-state index < -0.39 is 9.84 Å². The van der Waals surface area contributed by atoms with Crippen LogP contribution in [0, 0.1) is 0 Å². The Morgan fingerprint density at radius 3 is 2.63 bits per heavy atom. The first-order valence-corrected chi connectivity index (χ1v) is 11.4. The van der Waals surface area contributed by atoms with Gasteiger partial charge in [0.1, 0.15) is 12.1 Å². The monoisotopic (exact) mass is 390 g/mol. The number of aromatic nitrogens is 2. The van der Waals surface area contributed by atoms with Gasteiger partial charge >= 0.3 is 0 Å². The molecule has 2 aliphatic heterocycles. The molecule has 146 valence electrons. The zero-order chi connectivity index (χ0) is 19.0. The third-order valence-corrected chi connectivity index (χ3v) is 6.68. The van der Waals surface area contributed by atoms with Crippen molar-refractivity contribution in [1.29, 1.82) is 0 Å². The van der Waals surface area contributed by atoms with Gasteiger partial charge in [0.15, 0.2) is 9.84 Å². The maximum absolute atomic E-state index is 11.9. The Kier molecular flexibility index (Phi) is 5.05. The summed E-state index contributed by atoms with van der Waals surface area (Å²) in [5, 5.41) is 0.805. The standard InChI is InChI=1S/C19H26N4O3S/c1-14-12-23(9-10-26-14)15-5-7-22(8-6-15)19-17-11-16(27(2,24)25)3-4-18(17)20-13-21-19/h3-4,11,13-15H,5-10,12H2,1-2H3. The zero-order valence-corrected chi connectivity index (χ0v) is 16.7. The number of morpholine rings is 1. The topological polar surface area (TPSA) is 75.6 Å². The van der Waals surface area contributed by atoms with E-state index in [1.807, 2.05) is 0 Å². The van der Waals surface area contributed by atoms with Crippen LogP contribution >= 0.6 is 0 Å². The molecule has 0 N–H and O–H groups in total. The van der Waals surface area contributed by atoms with Crippen LogP contribution in [-0.2, 0) is 14.6 Å². The molecule has 0 spiro atoms. The first-order valence-electron chi connectivity index (χ1n) is 9.47. The van der Waals surface area contributed by atoms with E-state index in [1.165, 1.54) is 6.26 Å². The van der Waals surface area contributed by atoms with Gasteiger partial charge in [-0.1, -0.05) is 0 Å². The fourth-order valence-corrected chi connectivity index (χ4v) is 4.77. The largest absolute Gasteiger partial charge is 0.376 e. The highest BCUT2D eigenvalue weighted by atomic mass is 32.2. The Morgan fingerprint density at radius 2 is 1.93 bits per heavy atom. The smallest absolute Gasteiger partial charge is 0.175 e. The summed E-state index contributed by atoms with van der Waals surface area (Å²) in [5.41, 5.74) is 0.775. The van der Waals surface area contributed by atoms with Crippen LogP contribution in [-0.4, -0.2) is 74.5 Å². The van der Waals surface area contributed by atoms with Gasteiger partial charge in [-0.3, -0.25) is 4.90 Å². The van der Waals surface area contributed by atoms with Crippen molar-refractivity contribution in [2.45, 2.75) is 36.8 Å². The number of piperidine rings is 1. The lowest BCUT2D eigenvalue weighted by Gasteiger charge is -2.42. The first kappa shape index (κ1) is 18.6. The van der Waals surface area contributed by atoms with Crippen molar-refractivity contribution in [3.05, 3.63) is 24.5 Å². The average Bonchev–Trinajstić information content (AvgIpc) is 2.66. The van der Waals surface area contributed by atoms with Crippen LogP contribution < -0.4 is 4.90 Å². The number of anilines is 1. The number of sulfone groups is 1. The predicted octanol–water partition coefficient (Wildman–Crippen LogP) is 1.72. The summed E-state index contributed by atoms with van der Waals surface area (Å²) in [5.74, 6) is 0.833. The summed E-state index contributed by atoms with van der Waals surface area (Å²) < 4.78 is 29.5. The number of fused-ring (bicyclic) bond motifs is 1. The van der Waals surface area contributed by atoms with Gasteiger partial charge < -0.3 is 9.64 Å². The van der Waals surface area contributed by atoms with E-state index in [0.717, 1.165) is 62.3 Å². The summed E-state index contributed by atoms with van der Waals surface area (Å²) in [4.78, 5) is 13.9. The molecule has 3 heterocycles. The van der Waals surface area contributed by atoms with Crippen molar-refractivity contribution >= 4 is 26.6 Å². The molecule has 0 saturated carbocycles. The third kappa shape index (κ3) is 3.93. The number of rotatable bonds is 3. The molecule has 2 aliphatic rings. The Hall–Kier alpha value is -1.77. The Balaban J connectivity index is 1.55. The Morgan fingerprint density at radius 1 is 1.15 bits per heavy atom. The highest BCUT2D eigenvalue weighted by molar-refractivity contribution is 7.90. The molecule has 0 amide bonds. The molecule has 8 heteroatoms. The van der Waals surface area contributed by atoms with E-state index in [1.54, 1.807) is 24.5 Å². The maximum Gasteiger partial charge on any atom is 0.175 e. The molecule has 4 rings (SSSR count). The van der Waals surface area contributed by atoms with Crippen LogP contribution in [0.25, 0.3) is 10.9 Å². The van der Waals surface area contributed by atoms with E-state index in [9.17, 15) is 8.42 Å². The van der Waals surface area contributed by atoms with Crippen LogP contribution in [0.1, 0.15) is 19.8 Å². The van der Waals surface area contributed by atoms with Crippen LogP contribution in [0.15, 0.2) is 29.4 Å². The minimum absolute atomic E-state index is 0.303. The van der Waals surface area contributed by atoms with Crippen molar-refractivity contribution in [3.63, 3.8) is 0 Å². The molecule has 2 fully saturated rings. The van der Waals surface area contributed by atoms with Gasteiger partial charge in [0.05, 0.1) is 23.1 Å². The second-order valence-corrected chi connectivity index (χ2v) is 9.56. The van der Waals surface area contributed by atoms with Crippen LogP contribution in [0.5, 0.6) is 0 Å². The lowest BCUT2D eigenvalue weighted by molar-refractivity contribution is -0.0373. The summed E-state index contributed by atoms with van der Waals surface area (Å²) in [7, 11) is -3.26. The molecule has 2 saturated heterocycles. The van der Waals surface area contributed by atoms with Gasteiger partial charge in [0, 0.05) is 43.9 Å². The van der Waals surface area contributed by atoms with Crippen molar-refractivity contribution in [2.75, 3.05) is 43.9 Å². The summed E-state index contributed by atoms with van der Waals surface area (Å²) >= 11 is 0. The molecular weight excluding hydrogens is 364 g/mol. The van der Waals surface area contributed by atoms with Gasteiger partial charge in [-0.25, -0.2) is 18.4 Å². The number of hydrogen-bond acceptors (Lipinski definition) is 7. The second kappa shape index (κ2) is 7.33. The van der Waals surface area contributed by atoms with Gasteiger partial charge in [0.2, 0.25) is 0 Å². The molecule has 0 bridgehead atoms. The van der Waals surface area contributed by atoms with Crippen molar-refractivity contribution in [2.24, 2.45) is 0 Å². The van der Waals surface area contributed by atoms with Crippen molar-refractivity contribution in [3.8, 4) is 0 Å². The molecule has 7 nitrogen and oxygen atoms in total. The summed E-state index contributed by atoms with van der Waals surface area (Å²) in [6.07, 6.45) is 5.24. The van der Waals surface area contributed by atoms with E-state index in [-0.39, 0.29) is 0 Å². The van der Waals surface area contributed by atoms with Gasteiger partial charge in [0.25, 0.3) is 0 Å². The summed E-state index contributed by atoms with van der Waals surface area (Å²) in [6.45, 7) is 6.76. The number of hydrogen-bond donors (Lipinski definition) is 0. The van der Waals surface area contributed by atoms with Crippen LogP contribution in [0.4, 0.5) is 5.82 Å². The molecular formula is C19H26N4O3S. The SMILES string of the molecule is CC1CN(C2CCN(c3ncnc4ccc(S(C)(=O)=O)cc34)CC2)CCO1. The van der Waals surface area contributed by atoms with Crippen molar-refractivity contribution < 1.29 is 13.2 Å². The molecule has 27 heavy (non-hydrogen) atoms. The third-order valence-electron chi connectivity index (χ3n) is 5.57. The first-order chi connectivity index (χ1) is 12.9. The Labute approximate surface area is 160 Å². The van der Waals surface area contributed by atoms with Crippen LogP contribution in [0.3, 0.4) is 0 Å². The normalized spacial score (nSPS) is 23.0. The highest BCUT2D eigenvalue weighted by Crippen LogP contribution is 2.29. The zero-order valence-electron chi connectivity index (χ0n) is 15.8. The van der Waals surface area contributed by atoms with E-state index in [2.05, 4.69) is 26.7 Å². The summed E-state index contributed by atoms with van der Waals surface area (Å²) in [6, 6.07) is 5.65. The number of benzene rings is 1. The van der Waals surface area contributed by atoms with E-state index >= 15 is 0 Å². The molecule has 2 aromatic rings. The number of nitrogens with zero attached hydrogens (tertiary/aromatic N) is 4. The Bertz CT molecular complexity index is 926. The molecule has 1 aromatic carbocycles. The molecule has 1 atom stereocenters. The van der Waals surface area contributed by atoms with Crippen LogP contribution in [0.2, 0.25) is 0 Å². The minimum Gasteiger partial charge on any atom is -0.376 e. The van der Waals surface area contributed by atoms with Crippen molar-refractivity contribution in [1.82, 2.24) is 14.9 Å². The quantitative estimate of drug-likeness (QED) is 0.790. The predicted molar refractivity (Wildman–Crippen MR) is 105 cm³/mol. The van der Waals surface area contributed by atoms with Gasteiger partial charge in [-0.2, -0.15) is 0 Å². The lowest BCUT2D eigenvalue weighted by atomic mass is 10.0. The molecule has 0 radical (unpaired) electrons. The minimum atomic E-state index is -3.26. The maximum atomic E-state index is 11.9. The lowest BCUT2D eigenvalue weighted by Crippen LogP contribution is -2.51. The molecule has 1 aromatic heterocycles. The van der Waals surface area contributed by atoms with Gasteiger partial charge in [-0.05, 0) is 38.0 Å². The van der Waals surface area contributed by atoms with E-state index in [4.69, 9.17) is 4.74 Å². The van der Waals surface area contributed by atoms with E-state index in [0.29, 0.717) is 17.0 Å². The number of ether oxygens (including phenoxy) is 1. The highest BCUT2D eigenvalue weighted by Gasteiger charge is 2.29. The van der Waals surface area contributed by atoms with Gasteiger partial charge in [-0.15, -0.1) is 0 Å².